The maximum Gasteiger partial charge on any atom is 0.155 e. The number of fused-ring (bicyclic) bond motifs is 1. The first-order valence-corrected chi connectivity index (χ1v) is 6.69. The van der Waals surface area contributed by atoms with E-state index in [-0.39, 0.29) is 6.04 Å². The van der Waals surface area contributed by atoms with E-state index < -0.39 is 0 Å². The van der Waals surface area contributed by atoms with Crippen LogP contribution in [0.5, 0.6) is 0 Å². The van der Waals surface area contributed by atoms with Crippen molar-refractivity contribution < 1.29 is 0 Å². The zero-order valence-electron chi connectivity index (χ0n) is 12.4. The standard InChI is InChI=1S/C14H23N5/c1-10-8-14-16-9-13(12(3)19(14)17-10)11(2)15-6-7-18(4)5/h8-9,11,15H,6-7H2,1-5H3. The van der Waals surface area contributed by atoms with Gasteiger partial charge in [-0.1, -0.05) is 0 Å². The Morgan fingerprint density at radius 3 is 2.79 bits per heavy atom. The lowest BCUT2D eigenvalue weighted by molar-refractivity contribution is 0.388. The molecule has 2 rings (SSSR count). The molecule has 19 heavy (non-hydrogen) atoms. The second kappa shape index (κ2) is 5.67. The quantitative estimate of drug-likeness (QED) is 0.887. The van der Waals surface area contributed by atoms with Gasteiger partial charge < -0.3 is 10.2 Å². The Hall–Kier alpha value is -1.46. The van der Waals surface area contributed by atoms with Crippen molar-refractivity contribution in [3.63, 3.8) is 0 Å². The summed E-state index contributed by atoms with van der Waals surface area (Å²) in [6.45, 7) is 8.25. The summed E-state index contributed by atoms with van der Waals surface area (Å²) < 4.78 is 1.93. The van der Waals surface area contributed by atoms with Crippen molar-refractivity contribution in [2.24, 2.45) is 0 Å². The lowest BCUT2D eigenvalue weighted by atomic mass is 10.1. The molecule has 0 radical (unpaired) electrons. The van der Waals surface area contributed by atoms with Gasteiger partial charge in [0.1, 0.15) is 0 Å². The summed E-state index contributed by atoms with van der Waals surface area (Å²) in [6.07, 6.45) is 1.96. The van der Waals surface area contributed by atoms with Crippen LogP contribution in [0.2, 0.25) is 0 Å². The van der Waals surface area contributed by atoms with Crippen LogP contribution in [-0.2, 0) is 0 Å². The second-order valence-corrected chi connectivity index (χ2v) is 5.33. The van der Waals surface area contributed by atoms with Gasteiger partial charge >= 0.3 is 0 Å². The van der Waals surface area contributed by atoms with Gasteiger partial charge in [0.15, 0.2) is 5.65 Å². The number of aryl methyl sites for hydroxylation is 2. The largest absolute Gasteiger partial charge is 0.309 e. The van der Waals surface area contributed by atoms with E-state index in [1.54, 1.807) is 0 Å². The molecular weight excluding hydrogens is 238 g/mol. The van der Waals surface area contributed by atoms with Crippen LogP contribution < -0.4 is 5.32 Å². The summed E-state index contributed by atoms with van der Waals surface area (Å²) >= 11 is 0. The molecule has 0 aromatic carbocycles. The molecule has 5 heteroatoms. The van der Waals surface area contributed by atoms with E-state index in [0.717, 1.165) is 30.1 Å². The number of aromatic nitrogens is 3. The maximum atomic E-state index is 4.48. The van der Waals surface area contributed by atoms with Crippen molar-refractivity contribution in [1.82, 2.24) is 24.8 Å². The summed E-state index contributed by atoms with van der Waals surface area (Å²) in [5.41, 5.74) is 4.28. The van der Waals surface area contributed by atoms with E-state index in [0.29, 0.717) is 0 Å². The molecule has 0 aliphatic heterocycles. The monoisotopic (exact) mass is 261 g/mol. The number of rotatable bonds is 5. The normalized spacial score (nSPS) is 13.4. The second-order valence-electron chi connectivity index (χ2n) is 5.33. The van der Waals surface area contributed by atoms with E-state index in [9.17, 15) is 0 Å². The molecular formula is C14H23N5. The topological polar surface area (TPSA) is 45.5 Å². The van der Waals surface area contributed by atoms with Crippen LogP contribution in [0.4, 0.5) is 0 Å². The van der Waals surface area contributed by atoms with Crippen molar-refractivity contribution in [2.75, 3.05) is 27.2 Å². The third kappa shape index (κ3) is 3.11. The average Bonchev–Trinajstić information content (AvgIpc) is 2.70. The minimum atomic E-state index is 0.279. The van der Waals surface area contributed by atoms with Gasteiger partial charge in [0.25, 0.3) is 0 Å². The van der Waals surface area contributed by atoms with Crippen LogP contribution >= 0.6 is 0 Å². The highest BCUT2D eigenvalue weighted by atomic mass is 15.3. The fourth-order valence-corrected chi connectivity index (χ4v) is 2.22. The Labute approximate surface area is 114 Å². The van der Waals surface area contributed by atoms with Crippen molar-refractivity contribution >= 4 is 5.65 Å². The van der Waals surface area contributed by atoms with E-state index in [1.807, 2.05) is 23.7 Å². The zero-order valence-corrected chi connectivity index (χ0v) is 12.4. The Kier molecular flexibility index (Phi) is 4.17. The summed E-state index contributed by atoms with van der Waals surface area (Å²) in [5, 5.41) is 8.00. The highest BCUT2D eigenvalue weighted by Gasteiger charge is 2.12. The smallest absolute Gasteiger partial charge is 0.155 e. The van der Waals surface area contributed by atoms with Gasteiger partial charge in [-0.15, -0.1) is 0 Å². The lowest BCUT2D eigenvalue weighted by Gasteiger charge is -2.18. The third-order valence-electron chi connectivity index (χ3n) is 3.36. The Morgan fingerprint density at radius 1 is 1.37 bits per heavy atom. The molecule has 0 spiro atoms. The summed E-state index contributed by atoms with van der Waals surface area (Å²) in [6, 6.07) is 2.28. The Morgan fingerprint density at radius 2 is 2.11 bits per heavy atom. The maximum absolute atomic E-state index is 4.48. The SMILES string of the molecule is Cc1cc2ncc(C(C)NCCN(C)C)c(C)n2n1. The van der Waals surface area contributed by atoms with Crippen molar-refractivity contribution in [3.8, 4) is 0 Å². The minimum Gasteiger partial charge on any atom is -0.309 e. The molecule has 5 nitrogen and oxygen atoms in total. The van der Waals surface area contributed by atoms with Crippen LogP contribution in [0.25, 0.3) is 5.65 Å². The van der Waals surface area contributed by atoms with Crippen LogP contribution in [0.1, 0.15) is 29.9 Å². The van der Waals surface area contributed by atoms with E-state index in [2.05, 4.69) is 48.2 Å². The zero-order chi connectivity index (χ0) is 14.0. The molecule has 2 aromatic heterocycles. The van der Waals surface area contributed by atoms with E-state index >= 15 is 0 Å². The molecule has 2 aromatic rings. The molecule has 1 unspecified atom stereocenters. The number of hydrogen-bond acceptors (Lipinski definition) is 4. The summed E-state index contributed by atoms with van der Waals surface area (Å²) in [4.78, 5) is 6.65. The van der Waals surface area contributed by atoms with E-state index in [4.69, 9.17) is 0 Å². The van der Waals surface area contributed by atoms with Crippen molar-refractivity contribution in [3.05, 3.63) is 29.2 Å². The predicted octanol–water partition coefficient (Wildman–Crippen LogP) is 1.56. The summed E-state index contributed by atoms with van der Waals surface area (Å²) in [5.74, 6) is 0. The van der Waals surface area contributed by atoms with Gasteiger partial charge in [-0.05, 0) is 34.9 Å². The molecule has 1 atom stereocenters. The van der Waals surface area contributed by atoms with Crippen LogP contribution in [-0.4, -0.2) is 46.7 Å². The number of nitrogens with zero attached hydrogens (tertiary/aromatic N) is 4. The van der Waals surface area contributed by atoms with Gasteiger partial charge in [0.2, 0.25) is 0 Å². The van der Waals surface area contributed by atoms with Gasteiger partial charge in [0.05, 0.1) is 5.69 Å². The van der Waals surface area contributed by atoms with Crippen LogP contribution in [0.3, 0.4) is 0 Å². The molecule has 0 saturated heterocycles. The molecule has 0 saturated carbocycles. The number of nitrogens with one attached hydrogen (secondary N) is 1. The first kappa shape index (κ1) is 14.0. The van der Waals surface area contributed by atoms with Gasteiger partial charge in [-0.3, -0.25) is 0 Å². The number of likely N-dealkylation sites (N-methyl/N-ethyl adjacent to an activating group) is 1. The Bertz CT molecular complexity index is 558. The predicted molar refractivity (Wildman–Crippen MR) is 77.4 cm³/mol. The van der Waals surface area contributed by atoms with Crippen LogP contribution in [0, 0.1) is 13.8 Å². The molecule has 0 fully saturated rings. The third-order valence-corrected chi connectivity index (χ3v) is 3.36. The molecule has 104 valence electrons. The Balaban J connectivity index is 2.17. The molecule has 0 aliphatic carbocycles. The van der Waals surface area contributed by atoms with Crippen molar-refractivity contribution in [1.29, 1.82) is 0 Å². The molecule has 0 amide bonds. The molecule has 0 bridgehead atoms. The average molecular weight is 261 g/mol. The number of hydrogen-bond donors (Lipinski definition) is 1. The first-order chi connectivity index (χ1) is 8.99. The van der Waals surface area contributed by atoms with Gasteiger partial charge in [0, 0.05) is 42.7 Å². The lowest BCUT2D eigenvalue weighted by Crippen LogP contribution is -2.29. The minimum absolute atomic E-state index is 0.279. The molecule has 2 heterocycles. The van der Waals surface area contributed by atoms with Crippen LogP contribution in [0.15, 0.2) is 12.3 Å². The summed E-state index contributed by atoms with van der Waals surface area (Å²) in [7, 11) is 4.16. The fourth-order valence-electron chi connectivity index (χ4n) is 2.22. The van der Waals surface area contributed by atoms with Crippen molar-refractivity contribution in [2.45, 2.75) is 26.8 Å². The van der Waals surface area contributed by atoms with Gasteiger partial charge in [-0.25, -0.2) is 9.50 Å². The highest BCUT2D eigenvalue weighted by Crippen LogP contribution is 2.17. The highest BCUT2D eigenvalue weighted by molar-refractivity contribution is 5.42. The van der Waals surface area contributed by atoms with E-state index in [1.165, 1.54) is 5.56 Å². The molecule has 1 N–H and O–H groups in total. The molecule has 0 aliphatic rings. The first-order valence-electron chi connectivity index (χ1n) is 6.69. The fraction of sp³-hybridized carbons (Fsp3) is 0.571. The van der Waals surface area contributed by atoms with Gasteiger partial charge in [-0.2, -0.15) is 5.10 Å².